The molecule has 8 heteroatoms. The zero-order valence-corrected chi connectivity index (χ0v) is 19.3. The lowest BCUT2D eigenvalue weighted by molar-refractivity contribution is 0.0221. The van der Waals surface area contributed by atoms with E-state index in [-0.39, 0.29) is 17.5 Å². The maximum atomic E-state index is 13.0. The molecule has 1 aliphatic carbocycles. The zero-order valence-electron chi connectivity index (χ0n) is 18.5. The van der Waals surface area contributed by atoms with E-state index in [0.29, 0.717) is 18.5 Å². The number of thiophene rings is 1. The molecule has 0 bridgehead atoms. The molecule has 0 unspecified atom stereocenters. The first-order chi connectivity index (χ1) is 15.2. The first-order valence-electron chi connectivity index (χ1n) is 10.9. The van der Waals surface area contributed by atoms with Gasteiger partial charge < -0.3 is 14.6 Å². The van der Waals surface area contributed by atoms with Crippen molar-refractivity contribution >= 4 is 17.4 Å². The summed E-state index contributed by atoms with van der Waals surface area (Å²) in [5, 5.41) is 2.15. The first kappa shape index (κ1) is 20.9. The highest BCUT2D eigenvalue weighted by Crippen LogP contribution is 2.54. The number of rotatable bonds is 3. The van der Waals surface area contributed by atoms with Gasteiger partial charge in [-0.15, -0.1) is 11.3 Å². The van der Waals surface area contributed by atoms with E-state index >= 15 is 0 Å². The van der Waals surface area contributed by atoms with E-state index in [1.54, 1.807) is 28.6 Å². The van der Waals surface area contributed by atoms with Crippen molar-refractivity contribution < 1.29 is 9.53 Å². The summed E-state index contributed by atoms with van der Waals surface area (Å²) in [4.78, 5) is 40.3. The van der Waals surface area contributed by atoms with E-state index in [2.05, 4.69) is 21.4 Å². The molecule has 166 valence electrons. The SMILES string of the molecule is CC(C)(C)OC(=O)N1CCc2nc(C3(c4cc(-c5ccncc5)cs4)CC3)[nH]c(=O)c2C1. The van der Waals surface area contributed by atoms with Crippen molar-refractivity contribution in [3.05, 3.63) is 68.3 Å². The fourth-order valence-corrected chi connectivity index (χ4v) is 5.32. The first-order valence-corrected chi connectivity index (χ1v) is 11.7. The minimum absolute atomic E-state index is 0.157. The number of pyridine rings is 1. The van der Waals surface area contributed by atoms with Gasteiger partial charge in [0.1, 0.15) is 11.4 Å². The number of nitrogens with zero attached hydrogens (tertiary/aromatic N) is 3. The van der Waals surface area contributed by atoms with Crippen molar-refractivity contribution in [2.24, 2.45) is 0 Å². The highest BCUT2D eigenvalue weighted by molar-refractivity contribution is 7.10. The fraction of sp³-hybridized carbons (Fsp3) is 0.417. The fourth-order valence-electron chi connectivity index (χ4n) is 4.14. The predicted octanol–water partition coefficient (Wildman–Crippen LogP) is 4.27. The molecule has 1 saturated carbocycles. The van der Waals surface area contributed by atoms with Crippen LogP contribution in [0, 0.1) is 0 Å². The molecule has 3 aromatic rings. The number of aromatic nitrogens is 3. The van der Waals surface area contributed by atoms with Crippen LogP contribution in [0.15, 0.2) is 40.8 Å². The second kappa shape index (κ2) is 7.55. The number of nitrogens with one attached hydrogen (secondary N) is 1. The van der Waals surface area contributed by atoms with Crippen molar-refractivity contribution in [2.45, 2.75) is 57.6 Å². The Labute approximate surface area is 190 Å². The van der Waals surface area contributed by atoms with Crippen LogP contribution in [0.5, 0.6) is 0 Å². The normalized spacial score (nSPS) is 17.0. The Bertz CT molecular complexity index is 1220. The number of H-pyrrole nitrogens is 1. The molecule has 0 saturated heterocycles. The van der Waals surface area contributed by atoms with Gasteiger partial charge in [-0.2, -0.15) is 0 Å². The highest BCUT2D eigenvalue weighted by atomic mass is 32.1. The van der Waals surface area contributed by atoms with E-state index in [9.17, 15) is 9.59 Å². The van der Waals surface area contributed by atoms with Gasteiger partial charge in [-0.05, 0) is 68.3 Å². The van der Waals surface area contributed by atoms with Crippen LogP contribution in [-0.2, 0) is 23.1 Å². The van der Waals surface area contributed by atoms with Crippen LogP contribution in [0.3, 0.4) is 0 Å². The average molecular weight is 451 g/mol. The van der Waals surface area contributed by atoms with Crippen LogP contribution in [-0.4, -0.2) is 38.1 Å². The van der Waals surface area contributed by atoms with Gasteiger partial charge in [-0.25, -0.2) is 9.78 Å². The van der Waals surface area contributed by atoms with Crippen molar-refractivity contribution in [1.82, 2.24) is 19.9 Å². The largest absolute Gasteiger partial charge is 0.444 e. The summed E-state index contributed by atoms with van der Waals surface area (Å²) in [5.74, 6) is 0.745. The van der Waals surface area contributed by atoms with Gasteiger partial charge in [-0.1, -0.05) is 0 Å². The van der Waals surface area contributed by atoms with Gasteiger partial charge in [0.15, 0.2) is 0 Å². The van der Waals surface area contributed by atoms with E-state index < -0.39 is 11.7 Å². The molecule has 1 amide bonds. The van der Waals surface area contributed by atoms with Crippen molar-refractivity contribution in [2.75, 3.05) is 6.54 Å². The van der Waals surface area contributed by atoms with Crippen LogP contribution in [0.4, 0.5) is 4.79 Å². The minimum atomic E-state index is -0.569. The molecule has 1 fully saturated rings. The van der Waals surface area contributed by atoms with E-state index in [1.807, 2.05) is 32.9 Å². The lowest BCUT2D eigenvalue weighted by atomic mass is 10.00. The molecule has 0 spiro atoms. The van der Waals surface area contributed by atoms with Crippen LogP contribution < -0.4 is 5.56 Å². The molecule has 1 N–H and O–H groups in total. The van der Waals surface area contributed by atoms with Crippen LogP contribution in [0.25, 0.3) is 11.1 Å². The predicted molar refractivity (Wildman–Crippen MR) is 123 cm³/mol. The summed E-state index contributed by atoms with van der Waals surface area (Å²) in [5.41, 5.74) is 2.70. The number of hydrogen-bond acceptors (Lipinski definition) is 6. The number of aromatic amines is 1. The molecule has 4 heterocycles. The van der Waals surface area contributed by atoms with Crippen molar-refractivity contribution in [3.8, 4) is 11.1 Å². The Kier molecular flexibility index (Phi) is 4.93. The Hall–Kier alpha value is -3.00. The summed E-state index contributed by atoms with van der Waals surface area (Å²) in [6.07, 6.45) is 5.68. The van der Waals surface area contributed by atoms with Crippen molar-refractivity contribution in [1.29, 1.82) is 0 Å². The molecular weight excluding hydrogens is 424 g/mol. The van der Waals surface area contributed by atoms with Gasteiger partial charge in [0.2, 0.25) is 0 Å². The Morgan fingerprint density at radius 1 is 1.22 bits per heavy atom. The molecule has 0 atom stereocenters. The molecule has 1 aliphatic heterocycles. The zero-order chi connectivity index (χ0) is 22.5. The molecule has 2 aliphatic rings. The average Bonchev–Trinajstić information content (AvgIpc) is 3.42. The molecular formula is C24H26N4O3S. The third kappa shape index (κ3) is 3.83. The molecule has 0 radical (unpaired) electrons. The van der Waals surface area contributed by atoms with Gasteiger partial charge in [0.25, 0.3) is 5.56 Å². The Morgan fingerprint density at radius 3 is 2.66 bits per heavy atom. The lowest BCUT2D eigenvalue weighted by Crippen LogP contribution is -2.42. The summed E-state index contributed by atoms with van der Waals surface area (Å²) < 4.78 is 5.47. The van der Waals surface area contributed by atoms with Crippen LogP contribution in [0.1, 0.15) is 55.6 Å². The number of amides is 1. The van der Waals surface area contributed by atoms with Gasteiger partial charge >= 0.3 is 6.09 Å². The molecule has 32 heavy (non-hydrogen) atoms. The van der Waals surface area contributed by atoms with Gasteiger partial charge in [-0.3, -0.25) is 9.78 Å². The summed E-state index contributed by atoms with van der Waals surface area (Å²) in [7, 11) is 0. The lowest BCUT2D eigenvalue weighted by Gasteiger charge is -2.30. The van der Waals surface area contributed by atoms with Crippen LogP contribution in [0.2, 0.25) is 0 Å². The molecule has 7 nitrogen and oxygen atoms in total. The Balaban J connectivity index is 1.41. The third-order valence-electron chi connectivity index (χ3n) is 6.01. The second-order valence-corrected chi connectivity index (χ2v) is 10.4. The van der Waals surface area contributed by atoms with Crippen LogP contribution >= 0.6 is 11.3 Å². The van der Waals surface area contributed by atoms with Crippen molar-refractivity contribution in [3.63, 3.8) is 0 Å². The number of carbonyl (C=O) groups excluding carboxylic acids is 1. The van der Waals surface area contributed by atoms with E-state index in [1.165, 1.54) is 4.88 Å². The Morgan fingerprint density at radius 2 is 1.97 bits per heavy atom. The second-order valence-electron chi connectivity index (χ2n) is 9.51. The summed E-state index contributed by atoms with van der Waals surface area (Å²) >= 11 is 1.71. The van der Waals surface area contributed by atoms with Gasteiger partial charge in [0, 0.05) is 30.2 Å². The molecule has 5 rings (SSSR count). The third-order valence-corrected chi connectivity index (χ3v) is 7.14. The number of hydrogen-bond donors (Lipinski definition) is 1. The quantitative estimate of drug-likeness (QED) is 0.644. The van der Waals surface area contributed by atoms with Gasteiger partial charge in [0.05, 0.1) is 23.2 Å². The molecule has 3 aromatic heterocycles. The number of carbonyl (C=O) groups is 1. The number of ether oxygens (including phenoxy) is 1. The standard InChI is InChI=1S/C24H26N4O3S/c1-23(2,3)31-22(30)28-11-6-18-17(13-28)20(29)27-21(26-18)24(7-8-24)19-12-16(14-32-19)15-4-9-25-10-5-15/h4-5,9-10,12,14H,6-8,11,13H2,1-3H3,(H,26,27,29). The monoisotopic (exact) mass is 450 g/mol. The summed E-state index contributed by atoms with van der Waals surface area (Å²) in [6.45, 7) is 6.23. The topological polar surface area (TPSA) is 88.2 Å². The maximum Gasteiger partial charge on any atom is 0.410 e. The van der Waals surface area contributed by atoms with E-state index in [4.69, 9.17) is 9.72 Å². The highest BCUT2D eigenvalue weighted by Gasteiger charge is 2.50. The minimum Gasteiger partial charge on any atom is -0.444 e. The smallest absolute Gasteiger partial charge is 0.410 e. The maximum absolute atomic E-state index is 13.0. The van der Waals surface area contributed by atoms with E-state index in [0.717, 1.165) is 35.5 Å². The summed E-state index contributed by atoms with van der Waals surface area (Å²) in [6, 6.07) is 6.21. The number of fused-ring (bicyclic) bond motifs is 1. The molecule has 0 aromatic carbocycles.